The standard InChI is InChI=1S/C8H12BrN5O3P/c1-18(15,16)17-3-2-14-7-5(13-8(14)9)6(10)11-4-12-7/h4,15-16H,2-3H2,1H3,(H2,10,11,12)/q+1. The number of anilines is 1. The van der Waals surface area contributed by atoms with Gasteiger partial charge in [0.1, 0.15) is 19.6 Å². The Hall–Kier alpha value is -0.860. The fraction of sp³-hybridized carbons (Fsp3) is 0.375. The van der Waals surface area contributed by atoms with Crippen molar-refractivity contribution in [1.82, 2.24) is 19.5 Å². The monoisotopic (exact) mass is 336 g/mol. The van der Waals surface area contributed by atoms with Gasteiger partial charge in [-0.25, -0.2) is 15.0 Å². The molecular formula is C8H12BrN5O3P+. The van der Waals surface area contributed by atoms with E-state index in [0.29, 0.717) is 28.3 Å². The van der Waals surface area contributed by atoms with Gasteiger partial charge in [0, 0.05) is 0 Å². The van der Waals surface area contributed by atoms with Crippen LogP contribution in [0.4, 0.5) is 5.82 Å². The van der Waals surface area contributed by atoms with E-state index >= 15 is 0 Å². The second kappa shape index (κ2) is 5.02. The average molecular weight is 337 g/mol. The van der Waals surface area contributed by atoms with Gasteiger partial charge in [0.2, 0.25) is 0 Å². The summed E-state index contributed by atoms with van der Waals surface area (Å²) in [6, 6.07) is 0. The second-order valence-electron chi connectivity index (χ2n) is 3.63. The lowest BCUT2D eigenvalue weighted by molar-refractivity contribution is 0.225. The molecule has 98 valence electrons. The van der Waals surface area contributed by atoms with E-state index in [9.17, 15) is 0 Å². The van der Waals surface area contributed by atoms with Crippen LogP contribution in [0.25, 0.3) is 11.2 Å². The molecule has 0 fully saturated rings. The van der Waals surface area contributed by atoms with E-state index in [1.54, 1.807) is 4.57 Å². The maximum Gasteiger partial charge on any atom is 0.403 e. The number of fused-ring (bicyclic) bond motifs is 1. The van der Waals surface area contributed by atoms with Gasteiger partial charge < -0.3 is 10.3 Å². The third-order valence-corrected chi connectivity index (χ3v) is 3.44. The fourth-order valence-corrected chi connectivity index (χ4v) is 2.38. The first-order chi connectivity index (χ1) is 8.38. The third kappa shape index (κ3) is 2.93. The van der Waals surface area contributed by atoms with Crippen molar-refractivity contribution in [3.8, 4) is 0 Å². The predicted octanol–water partition coefficient (Wildman–Crippen LogP) is 0.565. The number of nitrogens with two attached hydrogens (primary N) is 1. The number of halogens is 1. The van der Waals surface area contributed by atoms with Crippen LogP contribution in [-0.2, 0) is 11.1 Å². The van der Waals surface area contributed by atoms with Gasteiger partial charge in [-0.1, -0.05) is 0 Å². The topological polar surface area (TPSA) is 119 Å². The molecule has 0 aliphatic rings. The van der Waals surface area contributed by atoms with Gasteiger partial charge in [0.05, 0.1) is 6.54 Å². The van der Waals surface area contributed by atoms with Crippen LogP contribution in [0.5, 0.6) is 0 Å². The molecule has 0 saturated carbocycles. The summed E-state index contributed by atoms with van der Waals surface area (Å²) < 4.78 is 7.16. The van der Waals surface area contributed by atoms with E-state index in [-0.39, 0.29) is 6.61 Å². The Balaban J connectivity index is 2.23. The molecule has 0 aliphatic heterocycles. The molecule has 0 bridgehead atoms. The summed E-state index contributed by atoms with van der Waals surface area (Å²) in [6.07, 6.45) is 1.35. The first-order valence-electron chi connectivity index (χ1n) is 4.97. The minimum Gasteiger partial charge on any atom is -0.382 e. The largest absolute Gasteiger partial charge is 0.403 e. The van der Waals surface area contributed by atoms with Crippen molar-refractivity contribution < 1.29 is 14.3 Å². The van der Waals surface area contributed by atoms with Crippen LogP contribution in [0.15, 0.2) is 11.1 Å². The molecule has 10 heteroatoms. The quantitative estimate of drug-likeness (QED) is 0.551. The molecule has 0 aliphatic carbocycles. The first kappa shape index (κ1) is 13.6. The fourth-order valence-electron chi connectivity index (χ4n) is 1.43. The zero-order valence-corrected chi connectivity index (χ0v) is 12.0. The predicted molar refractivity (Wildman–Crippen MR) is 70.7 cm³/mol. The Morgan fingerprint density at radius 2 is 2.22 bits per heavy atom. The Bertz CT molecular complexity index is 570. The molecule has 4 N–H and O–H groups in total. The lowest BCUT2D eigenvalue weighted by atomic mass is 10.5. The van der Waals surface area contributed by atoms with Crippen molar-refractivity contribution in [2.45, 2.75) is 6.54 Å². The Morgan fingerprint density at radius 3 is 2.89 bits per heavy atom. The highest BCUT2D eigenvalue weighted by Gasteiger charge is 2.27. The molecule has 2 rings (SSSR count). The van der Waals surface area contributed by atoms with Gasteiger partial charge in [-0.05, 0) is 15.9 Å². The number of nitrogen functional groups attached to an aromatic ring is 1. The summed E-state index contributed by atoms with van der Waals surface area (Å²) >= 11 is 3.28. The molecule has 0 aromatic carbocycles. The SMILES string of the molecule is C[P+](O)(O)OCCn1c(Br)nc2c(N)ncnc21. The van der Waals surface area contributed by atoms with Crippen LogP contribution in [0, 0.1) is 0 Å². The summed E-state index contributed by atoms with van der Waals surface area (Å²) in [5.41, 5.74) is 6.74. The van der Waals surface area contributed by atoms with Crippen LogP contribution in [0.1, 0.15) is 0 Å². The van der Waals surface area contributed by atoms with Crippen LogP contribution in [-0.4, -0.2) is 42.6 Å². The van der Waals surface area contributed by atoms with Crippen molar-refractivity contribution in [1.29, 1.82) is 0 Å². The van der Waals surface area contributed by atoms with Crippen LogP contribution >= 0.6 is 23.9 Å². The van der Waals surface area contributed by atoms with Gasteiger partial charge in [-0.3, -0.25) is 0 Å². The highest BCUT2D eigenvalue weighted by molar-refractivity contribution is 9.10. The molecule has 18 heavy (non-hydrogen) atoms. The number of aromatic nitrogens is 4. The lowest BCUT2D eigenvalue weighted by Crippen LogP contribution is -2.07. The molecule has 2 heterocycles. The zero-order valence-electron chi connectivity index (χ0n) is 9.49. The minimum absolute atomic E-state index is 0.130. The van der Waals surface area contributed by atoms with Gasteiger partial charge in [0.15, 0.2) is 21.7 Å². The molecule has 2 aromatic rings. The number of rotatable bonds is 4. The van der Waals surface area contributed by atoms with Crippen LogP contribution in [0.2, 0.25) is 0 Å². The number of hydrogen-bond acceptors (Lipinski definition) is 7. The molecule has 0 saturated heterocycles. The molecule has 0 atom stereocenters. The van der Waals surface area contributed by atoms with Crippen molar-refractivity contribution >= 4 is 40.9 Å². The van der Waals surface area contributed by atoms with E-state index in [1.807, 2.05) is 0 Å². The Kier molecular flexibility index (Phi) is 3.79. The van der Waals surface area contributed by atoms with Gasteiger partial charge in [-0.15, -0.1) is 0 Å². The molecular weight excluding hydrogens is 325 g/mol. The highest BCUT2D eigenvalue weighted by atomic mass is 79.9. The van der Waals surface area contributed by atoms with E-state index in [2.05, 4.69) is 30.9 Å². The molecule has 0 amide bonds. The maximum absolute atomic E-state index is 9.14. The summed E-state index contributed by atoms with van der Waals surface area (Å²) in [7, 11) is -3.23. The average Bonchev–Trinajstić information content (AvgIpc) is 2.56. The lowest BCUT2D eigenvalue weighted by Gasteiger charge is -2.07. The Labute approximate surface area is 112 Å². The molecule has 0 radical (unpaired) electrons. The molecule has 0 unspecified atom stereocenters. The van der Waals surface area contributed by atoms with Crippen LogP contribution < -0.4 is 5.73 Å². The minimum atomic E-state index is -3.23. The molecule has 8 nitrogen and oxygen atoms in total. The highest BCUT2D eigenvalue weighted by Crippen LogP contribution is 2.46. The van der Waals surface area contributed by atoms with Crippen molar-refractivity contribution in [2.75, 3.05) is 19.0 Å². The van der Waals surface area contributed by atoms with Crippen molar-refractivity contribution in [3.63, 3.8) is 0 Å². The summed E-state index contributed by atoms with van der Waals surface area (Å²) in [4.78, 5) is 30.4. The van der Waals surface area contributed by atoms with E-state index in [0.717, 1.165) is 0 Å². The van der Waals surface area contributed by atoms with Crippen molar-refractivity contribution in [2.24, 2.45) is 0 Å². The number of imidazole rings is 1. The normalized spacial score (nSPS) is 12.2. The third-order valence-electron chi connectivity index (χ3n) is 2.16. The van der Waals surface area contributed by atoms with E-state index in [4.69, 9.17) is 20.0 Å². The molecule has 0 spiro atoms. The second-order valence-corrected chi connectivity index (χ2v) is 6.27. The summed E-state index contributed by atoms with van der Waals surface area (Å²) in [5.74, 6) is 0.294. The maximum atomic E-state index is 9.14. The van der Waals surface area contributed by atoms with Gasteiger partial charge in [-0.2, -0.15) is 14.3 Å². The Morgan fingerprint density at radius 1 is 1.50 bits per heavy atom. The summed E-state index contributed by atoms with van der Waals surface area (Å²) in [5, 5.41) is 0. The molecule has 2 aromatic heterocycles. The summed E-state index contributed by atoms with van der Waals surface area (Å²) in [6.45, 7) is 1.74. The van der Waals surface area contributed by atoms with E-state index in [1.165, 1.54) is 13.0 Å². The van der Waals surface area contributed by atoms with Crippen molar-refractivity contribution in [3.05, 3.63) is 11.1 Å². The van der Waals surface area contributed by atoms with Gasteiger partial charge >= 0.3 is 7.94 Å². The zero-order chi connectivity index (χ0) is 13.3. The number of nitrogens with zero attached hydrogens (tertiary/aromatic N) is 4. The first-order valence-corrected chi connectivity index (χ1v) is 7.82. The van der Waals surface area contributed by atoms with Gasteiger partial charge in [0.25, 0.3) is 0 Å². The van der Waals surface area contributed by atoms with Crippen LogP contribution in [0.3, 0.4) is 0 Å². The smallest absolute Gasteiger partial charge is 0.382 e. The number of hydrogen-bond donors (Lipinski definition) is 3. The van der Waals surface area contributed by atoms with E-state index < -0.39 is 7.94 Å².